The molecule has 1 aromatic carbocycles. The molecule has 0 bridgehead atoms. The van der Waals surface area contributed by atoms with E-state index in [1.807, 2.05) is 24.3 Å². The molecule has 110 valence electrons. The highest BCUT2D eigenvalue weighted by atomic mass is 35.5. The van der Waals surface area contributed by atoms with Crippen molar-refractivity contribution >= 4 is 17.6 Å². The highest BCUT2D eigenvalue weighted by molar-refractivity contribution is 6.30. The Labute approximate surface area is 124 Å². The molecule has 0 aromatic heterocycles. The number of hydrogen-bond donors (Lipinski definition) is 2. The van der Waals surface area contributed by atoms with Crippen LogP contribution in [-0.2, 0) is 11.3 Å². The van der Waals surface area contributed by atoms with E-state index in [1.165, 1.54) is 5.56 Å². The lowest BCUT2D eigenvalue weighted by atomic mass is 9.90. The number of rotatable bonds is 5. The van der Waals surface area contributed by atoms with Crippen molar-refractivity contribution in [3.63, 3.8) is 0 Å². The third-order valence-electron chi connectivity index (χ3n) is 3.73. The van der Waals surface area contributed by atoms with Gasteiger partial charge in [-0.3, -0.25) is 9.69 Å². The van der Waals surface area contributed by atoms with Crippen molar-refractivity contribution in [2.24, 2.45) is 11.7 Å². The molecule has 4 nitrogen and oxygen atoms in total. The quantitative estimate of drug-likeness (QED) is 0.875. The number of carbonyl (C=O) groups is 1. The highest BCUT2D eigenvalue weighted by Gasteiger charge is 2.25. The number of likely N-dealkylation sites (tertiary alicyclic amines) is 1. The number of halogens is 1. The molecule has 3 N–H and O–H groups in total. The molecule has 2 rings (SSSR count). The zero-order valence-electron chi connectivity index (χ0n) is 11.5. The van der Waals surface area contributed by atoms with Crippen LogP contribution in [0.25, 0.3) is 0 Å². The Balaban J connectivity index is 1.90. The predicted octanol–water partition coefficient (Wildman–Crippen LogP) is 2.35. The summed E-state index contributed by atoms with van der Waals surface area (Å²) in [5.41, 5.74) is 7.30. The van der Waals surface area contributed by atoms with Gasteiger partial charge in [0.2, 0.25) is 0 Å². The first-order chi connectivity index (χ1) is 9.52. The Morgan fingerprint density at radius 1 is 1.35 bits per heavy atom. The fourth-order valence-corrected chi connectivity index (χ4v) is 2.99. The summed E-state index contributed by atoms with van der Waals surface area (Å²) in [6, 6.07) is 7.96. The third-order valence-corrected chi connectivity index (χ3v) is 3.98. The maximum atomic E-state index is 10.7. The van der Waals surface area contributed by atoms with E-state index in [9.17, 15) is 4.79 Å². The van der Waals surface area contributed by atoms with E-state index in [0.29, 0.717) is 12.3 Å². The van der Waals surface area contributed by atoms with E-state index in [-0.39, 0.29) is 12.5 Å². The first kappa shape index (κ1) is 15.3. The summed E-state index contributed by atoms with van der Waals surface area (Å²) in [6.07, 6.45) is 1.86. The van der Waals surface area contributed by atoms with Crippen LogP contribution < -0.4 is 5.73 Å². The SMILES string of the molecule is NC1CC(CCC(=O)O)CN(Cc2ccc(Cl)cc2)C1. The number of aliphatic carboxylic acids is 1. The van der Waals surface area contributed by atoms with Gasteiger partial charge in [0.1, 0.15) is 0 Å². The van der Waals surface area contributed by atoms with Crippen LogP contribution in [-0.4, -0.2) is 35.1 Å². The average Bonchev–Trinajstić information content (AvgIpc) is 2.38. The summed E-state index contributed by atoms with van der Waals surface area (Å²) < 4.78 is 0. The molecule has 1 saturated heterocycles. The molecule has 1 fully saturated rings. The fourth-order valence-electron chi connectivity index (χ4n) is 2.86. The van der Waals surface area contributed by atoms with Crippen molar-refractivity contribution in [2.75, 3.05) is 13.1 Å². The molecule has 1 heterocycles. The van der Waals surface area contributed by atoms with Gasteiger partial charge in [0.25, 0.3) is 0 Å². The number of hydrogen-bond acceptors (Lipinski definition) is 3. The minimum atomic E-state index is -0.728. The van der Waals surface area contributed by atoms with E-state index in [2.05, 4.69) is 4.90 Å². The van der Waals surface area contributed by atoms with E-state index in [0.717, 1.165) is 31.1 Å². The zero-order chi connectivity index (χ0) is 14.5. The van der Waals surface area contributed by atoms with Gasteiger partial charge in [0, 0.05) is 37.1 Å². The lowest BCUT2D eigenvalue weighted by Gasteiger charge is -2.36. The second-order valence-corrected chi connectivity index (χ2v) is 6.05. The van der Waals surface area contributed by atoms with Gasteiger partial charge >= 0.3 is 5.97 Å². The molecule has 2 unspecified atom stereocenters. The molecule has 0 saturated carbocycles. The van der Waals surface area contributed by atoms with Crippen LogP contribution in [0.3, 0.4) is 0 Å². The number of carboxylic acid groups (broad SMARTS) is 1. The Morgan fingerprint density at radius 3 is 2.70 bits per heavy atom. The van der Waals surface area contributed by atoms with Crippen LogP contribution in [0.1, 0.15) is 24.8 Å². The molecule has 2 atom stereocenters. The number of benzene rings is 1. The van der Waals surface area contributed by atoms with Gasteiger partial charge in [-0.1, -0.05) is 23.7 Å². The van der Waals surface area contributed by atoms with Crippen LogP contribution in [0.2, 0.25) is 5.02 Å². The summed E-state index contributed by atoms with van der Waals surface area (Å²) in [6.45, 7) is 2.63. The number of nitrogens with zero attached hydrogens (tertiary/aromatic N) is 1. The van der Waals surface area contributed by atoms with Crippen LogP contribution in [0.5, 0.6) is 0 Å². The molecular formula is C15H21ClN2O2. The smallest absolute Gasteiger partial charge is 0.303 e. The van der Waals surface area contributed by atoms with Crippen molar-refractivity contribution in [3.8, 4) is 0 Å². The minimum absolute atomic E-state index is 0.134. The monoisotopic (exact) mass is 296 g/mol. The van der Waals surface area contributed by atoms with Gasteiger partial charge in [0.05, 0.1) is 0 Å². The molecule has 1 aliphatic heterocycles. The lowest BCUT2D eigenvalue weighted by Crippen LogP contribution is -2.46. The van der Waals surface area contributed by atoms with Crippen LogP contribution in [0, 0.1) is 5.92 Å². The summed E-state index contributed by atoms with van der Waals surface area (Å²) in [4.78, 5) is 13.0. The highest BCUT2D eigenvalue weighted by Crippen LogP contribution is 2.22. The first-order valence-electron chi connectivity index (χ1n) is 6.97. The van der Waals surface area contributed by atoms with Crippen molar-refractivity contribution in [1.82, 2.24) is 4.90 Å². The maximum Gasteiger partial charge on any atom is 0.303 e. The van der Waals surface area contributed by atoms with Gasteiger partial charge in [-0.2, -0.15) is 0 Å². The standard InChI is InChI=1S/C15H21ClN2O2/c16-13-4-1-11(2-5-13)8-18-9-12(3-6-15(19)20)7-14(17)10-18/h1-2,4-5,12,14H,3,6-10,17H2,(H,19,20). The fraction of sp³-hybridized carbons (Fsp3) is 0.533. The van der Waals surface area contributed by atoms with Gasteiger partial charge in [0.15, 0.2) is 0 Å². The minimum Gasteiger partial charge on any atom is -0.481 e. The molecule has 0 amide bonds. The Bertz CT molecular complexity index is 450. The topological polar surface area (TPSA) is 66.6 Å². The zero-order valence-corrected chi connectivity index (χ0v) is 12.2. The first-order valence-corrected chi connectivity index (χ1v) is 7.35. The van der Waals surface area contributed by atoms with Crippen LogP contribution in [0.15, 0.2) is 24.3 Å². The number of carboxylic acids is 1. The van der Waals surface area contributed by atoms with Gasteiger partial charge in [-0.25, -0.2) is 0 Å². The molecule has 5 heteroatoms. The molecule has 0 aliphatic carbocycles. The molecule has 0 radical (unpaired) electrons. The third kappa shape index (κ3) is 4.78. The van der Waals surface area contributed by atoms with Crippen molar-refractivity contribution < 1.29 is 9.90 Å². The second-order valence-electron chi connectivity index (χ2n) is 5.61. The van der Waals surface area contributed by atoms with Gasteiger partial charge in [-0.05, 0) is 36.5 Å². The van der Waals surface area contributed by atoms with Gasteiger partial charge in [-0.15, -0.1) is 0 Å². The van der Waals surface area contributed by atoms with Crippen LogP contribution >= 0.6 is 11.6 Å². The van der Waals surface area contributed by atoms with Crippen molar-refractivity contribution in [3.05, 3.63) is 34.9 Å². The molecule has 1 aromatic rings. The summed E-state index contributed by atoms with van der Waals surface area (Å²) in [5, 5.41) is 9.52. The summed E-state index contributed by atoms with van der Waals surface area (Å²) >= 11 is 5.88. The summed E-state index contributed by atoms with van der Waals surface area (Å²) in [5.74, 6) is -0.351. The van der Waals surface area contributed by atoms with E-state index in [4.69, 9.17) is 22.4 Å². The van der Waals surface area contributed by atoms with Crippen molar-refractivity contribution in [1.29, 1.82) is 0 Å². The Hall–Kier alpha value is -1.10. The summed E-state index contributed by atoms with van der Waals surface area (Å²) in [7, 11) is 0. The average molecular weight is 297 g/mol. The normalized spacial score (nSPS) is 23.7. The maximum absolute atomic E-state index is 10.7. The predicted molar refractivity (Wildman–Crippen MR) is 79.7 cm³/mol. The van der Waals surface area contributed by atoms with E-state index >= 15 is 0 Å². The number of piperidine rings is 1. The second kappa shape index (κ2) is 7.07. The molecule has 20 heavy (non-hydrogen) atoms. The molecular weight excluding hydrogens is 276 g/mol. The molecule has 0 spiro atoms. The van der Waals surface area contributed by atoms with Gasteiger partial charge < -0.3 is 10.8 Å². The Morgan fingerprint density at radius 2 is 2.05 bits per heavy atom. The Kier molecular flexibility index (Phi) is 5.40. The largest absolute Gasteiger partial charge is 0.481 e. The van der Waals surface area contributed by atoms with Crippen molar-refractivity contribution in [2.45, 2.75) is 31.8 Å². The van der Waals surface area contributed by atoms with E-state index in [1.54, 1.807) is 0 Å². The van der Waals surface area contributed by atoms with E-state index < -0.39 is 5.97 Å². The molecule has 1 aliphatic rings. The number of nitrogens with two attached hydrogens (primary N) is 1. The van der Waals surface area contributed by atoms with Crippen LogP contribution in [0.4, 0.5) is 0 Å². The lowest BCUT2D eigenvalue weighted by molar-refractivity contribution is -0.137.